The number of nitrogens with two attached hydrogens (primary N) is 1. The number of benzene rings is 2. The van der Waals surface area contributed by atoms with E-state index in [9.17, 15) is 0 Å². The first-order chi connectivity index (χ1) is 12.7. The number of nitrogens with zero attached hydrogens (tertiary/aromatic N) is 1. The molecule has 0 aliphatic carbocycles. The Labute approximate surface area is 164 Å². The number of halogens is 1. The van der Waals surface area contributed by atoms with Crippen molar-refractivity contribution in [3.8, 4) is 11.4 Å². The van der Waals surface area contributed by atoms with E-state index in [1.807, 2.05) is 0 Å². The minimum absolute atomic E-state index is 0.717. The highest BCUT2D eigenvalue weighted by molar-refractivity contribution is 9.10. The van der Waals surface area contributed by atoms with Gasteiger partial charge in [0.1, 0.15) is 5.75 Å². The zero-order chi connectivity index (χ0) is 18.4. The Morgan fingerprint density at radius 3 is 2.62 bits per heavy atom. The summed E-state index contributed by atoms with van der Waals surface area (Å²) >= 11 is 3.49. The number of fused-ring (bicyclic) bond motifs is 1. The van der Waals surface area contributed by atoms with Gasteiger partial charge in [-0.2, -0.15) is 0 Å². The number of hydrogen-bond donors (Lipinski definition) is 1. The van der Waals surface area contributed by atoms with Gasteiger partial charge >= 0.3 is 0 Å². The lowest BCUT2D eigenvalue weighted by Gasteiger charge is -2.10. The molecule has 1 heterocycles. The van der Waals surface area contributed by atoms with Crippen LogP contribution in [0.3, 0.4) is 0 Å². The number of ether oxygens (including phenoxy) is 1. The summed E-state index contributed by atoms with van der Waals surface area (Å²) in [5, 5.41) is 1.20. The highest BCUT2D eigenvalue weighted by atomic mass is 79.9. The van der Waals surface area contributed by atoms with E-state index in [0.717, 1.165) is 47.8 Å². The Hall–Kier alpha value is -1.78. The summed E-state index contributed by atoms with van der Waals surface area (Å²) in [4.78, 5) is 0. The van der Waals surface area contributed by atoms with Crippen molar-refractivity contribution >= 4 is 26.8 Å². The largest absolute Gasteiger partial charge is 0.494 e. The molecule has 0 aliphatic heterocycles. The maximum Gasteiger partial charge on any atom is 0.120 e. The van der Waals surface area contributed by atoms with Crippen LogP contribution in [0.5, 0.6) is 5.75 Å². The average molecular weight is 415 g/mol. The number of rotatable bonds is 9. The molecule has 0 bridgehead atoms. The summed E-state index contributed by atoms with van der Waals surface area (Å²) in [5.41, 5.74) is 7.94. The third kappa shape index (κ3) is 4.89. The Morgan fingerprint density at radius 1 is 1.04 bits per heavy atom. The predicted molar refractivity (Wildman–Crippen MR) is 113 cm³/mol. The molecule has 2 N–H and O–H groups in total. The van der Waals surface area contributed by atoms with Gasteiger partial charge in [0, 0.05) is 21.7 Å². The zero-order valence-corrected chi connectivity index (χ0v) is 16.9. The molecule has 3 rings (SSSR count). The minimum Gasteiger partial charge on any atom is -0.494 e. The molecule has 4 heteroatoms. The molecule has 138 valence electrons. The van der Waals surface area contributed by atoms with E-state index in [0.29, 0.717) is 0 Å². The van der Waals surface area contributed by atoms with Crippen LogP contribution in [0.25, 0.3) is 16.6 Å². The Morgan fingerprint density at radius 2 is 1.85 bits per heavy atom. The maximum atomic E-state index is 5.95. The van der Waals surface area contributed by atoms with Gasteiger partial charge in [-0.05, 0) is 80.3 Å². The van der Waals surface area contributed by atoms with E-state index < -0.39 is 0 Å². The second-order valence-corrected chi connectivity index (χ2v) is 7.83. The molecule has 1 aromatic heterocycles. The first-order valence-electron chi connectivity index (χ1n) is 9.37. The topological polar surface area (TPSA) is 40.2 Å². The maximum absolute atomic E-state index is 5.95. The zero-order valence-electron chi connectivity index (χ0n) is 15.3. The lowest BCUT2D eigenvalue weighted by molar-refractivity contribution is 0.299. The Kier molecular flexibility index (Phi) is 6.75. The van der Waals surface area contributed by atoms with Gasteiger partial charge in [0.2, 0.25) is 0 Å². The number of aromatic nitrogens is 1. The second-order valence-electron chi connectivity index (χ2n) is 6.91. The van der Waals surface area contributed by atoms with Crippen LogP contribution in [0.15, 0.2) is 59.2 Å². The standard InChI is InChI=1S/C22H27BrN2O/c1-17(11-13-24)4-2-3-15-26-21-9-10-22-18(16-21)12-14-25(22)20-7-5-19(23)6-8-20/h5-10,12,14,16-17H,2-4,11,13,15,24H2,1H3. The van der Waals surface area contributed by atoms with Crippen LogP contribution >= 0.6 is 15.9 Å². The summed E-state index contributed by atoms with van der Waals surface area (Å²) in [6.45, 7) is 3.84. The van der Waals surface area contributed by atoms with E-state index >= 15 is 0 Å². The van der Waals surface area contributed by atoms with Crippen molar-refractivity contribution in [2.75, 3.05) is 13.2 Å². The van der Waals surface area contributed by atoms with Crippen LogP contribution in [-0.4, -0.2) is 17.7 Å². The van der Waals surface area contributed by atoms with Crippen molar-refractivity contribution in [3.63, 3.8) is 0 Å². The van der Waals surface area contributed by atoms with Crippen LogP contribution in [0.1, 0.15) is 32.6 Å². The van der Waals surface area contributed by atoms with Crippen molar-refractivity contribution in [2.24, 2.45) is 11.7 Å². The normalized spacial score (nSPS) is 12.4. The molecular weight excluding hydrogens is 388 g/mol. The van der Waals surface area contributed by atoms with Gasteiger partial charge in [-0.25, -0.2) is 0 Å². The second kappa shape index (κ2) is 9.24. The molecule has 0 amide bonds. The molecule has 0 saturated carbocycles. The third-order valence-corrected chi connectivity index (χ3v) is 5.31. The van der Waals surface area contributed by atoms with Crippen molar-refractivity contribution < 1.29 is 4.74 Å². The van der Waals surface area contributed by atoms with Gasteiger partial charge in [0.05, 0.1) is 12.1 Å². The summed E-state index contributed by atoms with van der Waals surface area (Å²) in [6.07, 6.45) is 6.75. The molecule has 0 fully saturated rings. The van der Waals surface area contributed by atoms with Gasteiger partial charge in [-0.15, -0.1) is 0 Å². The van der Waals surface area contributed by atoms with E-state index in [1.165, 1.54) is 23.7 Å². The Balaban J connectivity index is 1.57. The first-order valence-corrected chi connectivity index (χ1v) is 10.2. The third-order valence-electron chi connectivity index (χ3n) is 4.79. The molecule has 0 saturated heterocycles. The summed E-state index contributed by atoms with van der Waals surface area (Å²) in [6, 6.07) is 16.8. The fourth-order valence-electron chi connectivity index (χ4n) is 3.25. The number of unbranched alkanes of at least 4 members (excludes halogenated alkanes) is 1. The van der Waals surface area contributed by atoms with Gasteiger partial charge < -0.3 is 15.0 Å². The highest BCUT2D eigenvalue weighted by Crippen LogP contribution is 2.25. The van der Waals surface area contributed by atoms with Crippen LogP contribution in [0, 0.1) is 5.92 Å². The van der Waals surface area contributed by atoms with E-state index in [4.69, 9.17) is 10.5 Å². The lowest BCUT2D eigenvalue weighted by atomic mass is 10.0. The lowest BCUT2D eigenvalue weighted by Crippen LogP contribution is -2.06. The van der Waals surface area contributed by atoms with Crippen molar-refractivity contribution in [3.05, 3.63) is 59.2 Å². The molecule has 0 aliphatic rings. The average Bonchev–Trinajstić information content (AvgIpc) is 3.05. The molecule has 2 aromatic carbocycles. The monoisotopic (exact) mass is 414 g/mol. The van der Waals surface area contributed by atoms with Gasteiger partial charge in [0.25, 0.3) is 0 Å². The van der Waals surface area contributed by atoms with Gasteiger partial charge in [0.15, 0.2) is 0 Å². The summed E-state index contributed by atoms with van der Waals surface area (Å²) in [5.74, 6) is 1.66. The Bertz CT molecular complexity index is 826. The fraction of sp³-hybridized carbons (Fsp3) is 0.364. The van der Waals surface area contributed by atoms with Crippen molar-refractivity contribution in [1.82, 2.24) is 4.57 Å². The molecule has 3 aromatic rings. The van der Waals surface area contributed by atoms with Crippen LogP contribution in [0.2, 0.25) is 0 Å². The molecule has 3 nitrogen and oxygen atoms in total. The molecule has 0 spiro atoms. The highest BCUT2D eigenvalue weighted by Gasteiger charge is 2.05. The smallest absolute Gasteiger partial charge is 0.120 e. The van der Waals surface area contributed by atoms with E-state index in [-0.39, 0.29) is 0 Å². The molecule has 26 heavy (non-hydrogen) atoms. The van der Waals surface area contributed by atoms with E-state index in [1.54, 1.807) is 0 Å². The van der Waals surface area contributed by atoms with Crippen molar-refractivity contribution in [1.29, 1.82) is 0 Å². The number of hydrogen-bond acceptors (Lipinski definition) is 2. The van der Waals surface area contributed by atoms with Crippen LogP contribution in [0.4, 0.5) is 0 Å². The SMILES string of the molecule is CC(CCN)CCCCOc1ccc2c(ccn2-c2ccc(Br)cc2)c1. The van der Waals surface area contributed by atoms with Crippen LogP contribution < -0.4 is 10.5 Å². The van der Waals surface area contributed by atoms with E-state index in [2.05, 4.69) is 82.1 Å². The van der Waals surface area contributed by atoms with Crippen molar-refractivity contribution in [2.45, 2.75) is 32.6 Å². The summed E-state index contributed by atoms with van der Waals surface area (Å²) in [7, 11) is 0. The first kappa shape index (κ1) is 19.0. The predicted octanol–water partition coefficient (Wildman–Crippen LogP) is 5.93. The molecular formula is C22H27BrN2O. The molecule has 1 atom stereocenters. The molecule has 1 unspecified atom stereocenters. The minimum atomic E-state index is 0.717. The fourth-order valence-corrected chi connectivity index (χ4v) is 3.52. The van der Waals surface area contributed by atoms with Gasteiger partial charge in [-0.1, -0.05) is 29.3 Å². The van der Waals surface area contributed by atoms with Gasteiger partial charge in [-0.3, -0.25) is 0 Å². The molecule has 0 radical (unpaired) electrons. The quantitative estimate of drug-likeness (QED) is 0.440. The van der Waals surface area contributed by atoms with Crippen LogP contribution in [-0.2, 0) is 0 Å². The summed E-state index contributed by atoms with van der Waals surface area (Å²) < 4.78 is 9.23.